The van der Waals surface area contributed by atoms with Crippen LogP contribution in [0.3, 0.4) is 0 Å². The van der Waals surface area contributed by atoms with E-state index in [1.165, 1.54) is 5.56 Å². The van der Waals surface area contributed by atoms with Crippen LogP contribution in [-0.4, -0.2) is 4.98 Å². The van der Waals surface area contributed by atoms with Gasteiger partial charge in [-0.3, -0.25) is 0 Å². The van der Waals surface area contributed by atoms with E-state index >= 15 is 0 Å². The van der Waals surface area contributed by atoms with E-state index < -0.39 is 0 Å². The van der Waals surface area contributed by atoms with Crippen molar-refractivity contribution in [3.8, 4) is 0 Å². The fourth-order valence-corrected chi connectivity index (χ4v) is 2.92. The van der Waals surface area contributed by atoms with Crippen molar-refractivity contribution in [1.29, 1.82) is 0 Å². The first-order valence-corrected chi connectivity index (χ1v) is 6.85. The van der Waals surface area contributed by atoms with Gasteiger partial charge >= 0.3 is 0 Å². The van der Waals surface area contributed by atoms with Gasteiger partial charge in [0.25, 0.3) is 0 Å². The molecule has 0 radical (unpaired) electrons. The van der Waals surface area contributed by atoms with E-state index in [-0.39, 0.29) is 0 Å². The lowest BCUT2D eigenvalue weighted by Crippen LogP contribution is -1.97. The summed E-state index contributed by atoms with van der Waals surface area (Å²) in [5.41, 5.74) is 2.19. The van der Waals surface area contributed by atoms with Crippen molar-refractivity contribution < 1.29 is 0 Å². The summed E-state index contributed by atoms with van der Waals surface area (Å²) in [5.74, 6) is 0. The average Bonchev–Trinajstić information content (AvgIpc) is 2.82. The molecule has 0 aliphatic carbocycles. The van der Waals surface area contributed by atoms with Crippen LogP contribution in [-0.2, 0) is 6.54 Å². The minimum Gasteiger partial charge on any atom is -0.357 e. The predicted octanol–water partition coefficient (Wildman–Crippen LogP) is 4.56. The van der Waals surface area contributed by atoms with Crippen LogP contribution < -0.4 is 5.32 Å². The van der Waals surface area contributed by atoms with Gasteiger partial charge in [0.2, 0.25) is 0 Å². The first-order valence-electron chi connectivity index (χ1n) is 5.66. The number of halogens is 1. The molecule has 1 heterocycles. The van der Waals surface area contributed by atoms with Gasteiger partial charge in [-0.1, -0.05) is 59.3 Å². The molecular weight excluding hydrogens is 264 g/mol. The molecule has 3 rings (SSSR count). The number of rotatable bonds is 3. The number of fused-ring (bicyclic) bond motifs is 1. The molecule has 0 amide bonds. The lowest BCUT2D eigenvalue weighted by molar-refractivity contribution is 1.14. The maximum atomic E-state index is 6.13. The number of nitrogens with one attached hydrogen (secondary N) is 1. The SMILES string of the molecule is Clc1cccc2nc(NCc3ccccc3)sc12. The van der Waals surface area contributed by atoms with Crippen LogP contribution in [0.25, 0.3) is 10.2 Å². The summed E-state index contributed by atoms with van der Waals surface area (Å²) in [6.07, 6.45) is 0. The Kier molecular flexibility index (Phi) is 3.17. The Morgan fingerprint density at radius 3 is 2.67 bits per heavy atom. The zero-order chi connectivity index (χ0) is 12.4. The third kappa shape index (κ3) is 2.33. The first kappa shape index (κ1) is 11.5. The third-order valence-electron chi connectivity index (χ3n) is 2.65. The summed E-state index contributed by atoms with van der Waals surface area (Å²) >= 11 is 7.72. The van der Waals surface area contributed by atoms with Crippen LogP contribution >= 0.6 is 22.9 Å². The molecule has 2 nitrogen and oxygen atoms in total. The monoisotopic (exact) mass is 274 g/mol. The highest BCUT2D eigenvalue weighted by molar-refractivity contribution is 7.22. The van der Waals surface area contributed by atoms with Crippen LogP contribution in [0.15, 0.2) is 48.5 Å². The third-order valence-corrected chi connectivity index (χ3v) is 4.14. The number of nitrogens with zero attached hydrogens (tertiary/aromatic N) is 1. The van der Waals surface area contributed by atoms with Crippen molar-refractivity contribution >= 4 is 38.3 Å². The predicted molar refractivity (Wildman–Crippen MR) is 78.4 cm³/mol. The summed E-state index contributed by atoms with van der Waals surface area (Å²) in [7, 11) is 0. The highest BCUT2D eigenvalue weighted by atomic mass is 35.5. The molecule has 18 heavy (non-hydrogen) atoms. The summed E-state index contributed by atoms with van der Waals surface area (Å²) in [6.45, 7) is 0.776. The summed E-state index contributed by atoms with van der Waals surface area (Å²) in [4.78, 5) is 4.51. The van der Waals surface area contributed by atoms with Crippen LogP contribution in [0.1, 0.15) is 5.56 Å². The van der Waals surface area contributed by atoms with Gasteiger partial charge in [-0.05, 0) is 17.7 Å². The van der Waals surface area contributed by atoms with E-state index in [4.69, 9.17) is 11.6 Å². The Hall–Kier alpha value is -1.58. The molecule has 0 atom stereocenters. The molecule has 1 aromatic heterocycles. The van der Waals surface area contributed by atoms with Crippen LogP contribution in [0.4, 0.5) is 5.13 Å². The van der Waals surface area contributed by atoms with Crippen molar-refractivity contribution in [3.05, 3.63) is 59.1 Å². The van der Waals surface area contributed by atoms with E-state index in [0.717, 1.165) is 26.9 Å². The zero-order valence-electron chi connectivity index (χ0n) is 9.56. The molecule has 2 aromatic carbocycles. The van der Waals surface area contributed by atoms with Crippen molar-refractivity contribution in [3.63, 3.8) is 0 Å². The largest absolute Gasteiger partial charge is 0.357 e. The Balaban J connectivity index is 1.81. The Labute approximate surface area is 114 Å². The number of aromatic nitrogens is 1. The fourth-order valence-electron chi connectivity index (χ4n) is 1.76. The molecule has 0 aliphatic heterocycles. The second kappa shape index (κ2) is 4.96. The van der Waals surface area contributed by atoms with Gasteiger partial charge in [-0.15, -0.1) is 0 Å². The van der Waals surface area contributed by atoms with Crippen molar-refractivity contribution in [2.45, 2.75) is 6.54 Å². The number of thiazole rings is 1. The second-order valence-electron chi connectivity index (χ2n) is 3.95. The Morgan fingerprint density at radius 2 is 1.89 bits per heavy atom. The number of hydrogen-bond donors (Lipinski definition) is 1. The van der Waals surface area contributed by atoms with Crippen molar-refractivity contribution in [2.75, 3.05) is 5.32 Å². The van der Waals surface area contributed by atoms with E-state index in [2.05, 4.69) is 22.4 Å². The maximum Gasteiger partial charge on any atom is 0.184 e. The van der Waals surface area contributed by atoms with Gasteiger partial charge in [0.15, 0.2) is 5.13 Å². The van der Waals surface area contributed by atoms with Gasteiger partial charge in [0.05, 0.1) is 15.2 Å². The minimum atomic E-state index is 0.762. The van der Waals surface area contributed by atoms with E-state index in [9.17, 15) is 0 Å². The minimum absolute atomic E-state index is 0.762. The van der Waals surface area contributed by atoms with Gasteiger partial charge in [-0.25, -0.2) is 4.98 Å². The zero-order valence-corrected chi connectivity index (χ0v) is 11.1. The summed E-state index contributed by atoms with van der Waals surface area (Å²) in [5, 5.41) is 4.99. The van der Waals surface area contributed by atoms with Gasteiger partial charge in [0, 0.05) is 6.54 Å². The second-order valence-corrected chi connectivity index (χ2v) is 5.35. The molecule has 90 valence electrons. The lowest BCUT2D eigenvalue weighted by Gasteiger charge is -2.01. The topological polar surface area (TPSA) is 24.9 Å². The number of benzene rings is 2. The van der Waals surface area contributed by atoms with Gasteiger partial charge < -0.3 is 5.32 Å². The highest BCUT2D eigenvalue weighted by Crippen LogP contribution is 2.31. The Bertz CT molecular complexity index is 664. The molecule has 0 spiro atoms. The fraction of sp³-hybridized carbons (Fsp3) is 0.0714. The highest BCUT2D eigenvalue weighted by Gasteiger charge is 2.06. The molecule has 0 saturated carbocycles. The standard InChI is InChI=1S/C14H11ClN2S/c15-11-7-4-8-12-13(11)18-14(17-12)16-9-10-5-2-1-3-6-10/h1-8H,9H2,(H,16,17). The Morgan fingerprint density at radius 1 is 1.06 bits per heavy atom. The molecule has 0 aliphatic rings. The van der Waals surface area contributed by atoms with Gasteiger partial charge in [0.1, 0.15) is 0 Å². The lowest BCUT2D eigenvalue weighted by atomic mass is 10.2. The molecule has 0 bridgehead atoms. The van der Waals surface area contributed by atoms with Crippen LogP contribution in [0.5, 0.6) is 0 Å². The van der Waals surface area contributed by atoms with Gasteiger partial charge in [-0.2, -0.15) is 0 Å². The summed E-state index contributed by atoms with van der Waals surface area (Å²) < 4.78 is 1.04. The molecule has 0 unspecified atom stereocenters. The van der Waals surface area contributed by atoms with Crippen LogP contribution in [0, 0.1) is 0 Å². The molecule has 1 N–H and O–H groups in total. The molecule has 0 saturated heterocycles. The molecule has 4 heteroatoms. The first-order chi connectivity index (χ1) is 8.83. The quantitative estimate of drug-likeness (QED) is 0.757. The van der Waals surface area contributed by atoms with E-state index in [1.54, 1.807) is 11.3 Å². The van der Waals surface area contributed by atoms with Crippen LogP contribution in [0.2, 0.25) is 5.02 Å². The van der Waals surface area contributed by atoms with E-state index in [1.807, 2.05) is 36.4 Å². The molecule has 0 fully saturated rings. The van der Waals surface area contributed by atoms with Crippen molar-refractivity contribution in [2.24, 2.45) is 0 Å². The number of hydrogen-bond acceptors (Lipinski definition) is 3. The average molecular weight is 275 g/mol. The normalized spacial score (nSPS) is 10.7. The maximum absolute atomic E-state index is 6.13. The number of anilines is 1. The van der Waals surface area contributed by atoms with Crippen molar-refractivity contribution in [1.82, 2.24) is 4.98 Å². The van der Waals surface area contributed by atoms with E-state index in [0.29, 0.717) is 0 Å². The molecular formula is C14H11ClN2S. The smallest absolute Gasteiger partial charge is 0.184 e. The molecule has 3 aromatic rings. The summed E-state index contributed by atoms with van der Waals surface area (Å²) in [6, 6.07) is 16.1.